The molecule has 122 valence electrons. The molecule has 0 saturated carbocycles. The number of hydrogen-bond acceptors (Lipinski definition) is 3. The molecule has 0 bridgehead atoms. The van der Waals surface area contributed by atoms with Crippen molar-refractivity contribution < 1.29 is 13.2 Å². The van der Waals surface area contributed by atoms with Crippen LogP contribution >= 0.6 is 0 Å². The first-order valence-electron chi connectivity index (χ1n) is 7.79. The third kappa shape index (κ3) is 3.80. The minimum atomic E-state index is -3.48. The Bertz CT molecular complexity index is 742. The van der Waals surface area contributed by atoms with Crippen molar-refractivity contribution in [2.24, 2.45) is 5.92 Å². The van der Waals surface area contributed by atoms with Crippen LogP contribution in [-0.4, -0.2) is 21.6 Å². The van der Waals surface area contributed by atoms with Crippen molar-refractivity contribution >= 4 is 10.0 Å². The van der Waals surface area contributed by atoms with E-state index in [9.17, 15) is 8.42 Å². The predicted molar refractivity (Wildman–Crippen MR) is 89.6 cm³/mol. The Kier molecular flexibility index (Phi) is 4.80. The molecule has 3 rings (SSSR count). The number of sulfonamides is 1. The minimum Gasteiger partial charge on any atom is -0.373 e. The zero-order valence-electron chi connectivity index (χ0n) is 13.1. The van der Waals surface area contributed by atoms with E-state index in [0.717, 1.165) is 17.5 Å². The largest absolute Gasteiger partial charge is 0.373 e. The van der Waals surface area contributed by atoms with E-state index in [1.807, 2.05) is 37.3 Å². The summed E-state index contributed by atoms with van der Waals surface area (Å²) in [4.78, 5) is 0.304. The van der Waals surface area contributed by atoms with Crippen molar-refractivity contribution in [3.05, 3.63) is 65.7 Å². The Labute approximate surface area is 137 Å². The summed E-state index contributed by atoms with van der Waals surface area (Å²) in [7, 11) is -3.48. The van der Waals surface area contributed by atoms with Gasteiger partial charge in [-0.2, -0.15) is 0 Å². The van der Waals surface area contributed by atoms with Gasteiger partial charge in [-0.05, 0) is 31.0 Å². The lowest BCUT2D eigenvalue weighted by atomic mass is 9.96. The van der Waals surface area contributed by atoms with Crippen LogP contribution in [0.3, 0.4) is 0 Å². The van der Waals surface area contributed by atoms with Gasteiger partial charge in [-0.25, -0.2) is 13.1 Å². The van der Waals surface area contributed by atoms with Gasteiger partial charge in [-0.3, -0.25) is 0 Å². The van der Waals surface area contributed by atoms with E-state index in [4.69, 9.17) is 4.74 Å². The van der Waals surface area contributed by atoms with E-state index in [2.05, 4.69) is 4.72 Å². The average Bonchev–Trinajstić information content (AvgIpc) is 3.03. The highest BCUT2D eigenvalue weighted by atomic mass is 32.2. The lowest BCUT2D eigenvalue weighted by Crippen LogP contribution is -2.30. The van der Waals surface area contributed by atoms with Crippen LogP contribution in [0, 0.1) is 12.8 Å². The SMILES string of the molecule is Cc1ccc(S(=O)(=O)NC[C@H]2CCO[C@H]2c2ccccc2)cc1. The molecular weight excluding hydrogens is 310 g/mol. The van der Waals surface area contributed by atoms with Crippen molar-refractivity contribution in [3.8, 4) is 0 Å². The van der Waals surface area contributed by atoms with Crippen molar-refractivity contribution in [2.45, 2.75) is 24.3 Å². The minimum absolute atomic E-state index is 0.0445. The van der Waals surface area contributed by atoms with Crippen molar-refractivity contribution in [1.29, 1.82) is 0 Å². The molecule has 4 nitrogen and oxygen atoms in total. The standard InChI is InChI=1S/C18H21NO3S/c1-14-7-9-17(10-8-14)23(20,21)19-13-16-11-12-22-18(16)15-5-3-2-4-6-15/h2-10,16,18-19H,11-13H2,1H3/t16-,18+/m1/s1. The third-order valence-corrected chi connectivity index (χ3v) is 5.65. The number of nitrogens with one attached hydrogen (secondary N) is 1. The maximum atomic E-state index is 12.4. The Morgan fingerprint density at radius 1 is 1.09 bits per heavy atom. The molecule has 0 unspecified atom stereocenters. The number of benzene rings is 2. The Morgan fingerprint density at radius 3 is 2.48 bits per heavy atom. The second-order valence-electron chi connectivity index (χ2n) is 5.92. The van der Waals surface area contributed by atoms with Gasteiger partial charge in [-0.1, -0.05) is 48.0 Å². The van der Waals surface area contributed by atoms with E-state index in [0.29, 0.717) is 18.0 Å². The summed E-state index contributed by atoms with van der Waals surface area (Å²) in [6, 6.07) is 16.9. The maximum Gasteiger partial charge on any atom is 0.240 e. The summed E-state index contributed by atoms with van der Waals surface area (Å²) in [6.45, 7) is 2.98. The molecule has 0 radical (unpaired) electrons. The molecule has 1 aliphatic rings. The van der Waals surface area contributed by atoms with Crippen LogP contribution < -0.4 is 4.72 Å². The van der Waals surface area contributed by atoms with Gasteiger partial charge in [0.1, 0.15) is 0 Å². The van der Waals surface area contributed by atoms with Gasteiger partial charge in [0, 0.05) is 19.1 Å². The summed E-state index contributed by atoms with van der Waals surface area (Å²) >= 11 is 0. The van der Waals surface area contributed by atoms with Gasteiger partial charge in [-0.15, -0.1) is 0 Å². The summed E-state index contributed by atoms with van der Waals surface area (Å²) in [5.41, 5.74) is 2.14. The number of hydrogen-bond donors (Lipinski definition) is 1. The fourth-order valence-corrected chi connectivity index (χ4v) is 3.97. The van der Waals surface area contributed by atoms with Gasteiger partial charge in [0.15, 0.2) is 0 Å². The number of aryl methyl sites for hydroxylation is 1. The second-order valence-corrected chi connectivity index (χ2v) is 7.68. The quantitative estimate of drug-likeness (QED) is 0.916. The number of ether oxygens (including phenoxy) is 1. The molecule has 1 fully saturated rings. The van der Waals surface area contributed by atoms with Crippen LogP contribution in [0.25, 0.3) is 0 Å². The summed E-state index contributed by atoms with van der Waals surface area (Å²) in [5, 5.41) is 0. The first-order valence-corrected chi connectivity index (χ1v) is 9.27. The summed E-state index contributed by atoms with van der Waals surface area (Å²) in [5.74, 6) is 0.151. The molecule has 1 heterocycles. The Morgan fingerprint density at radius 2 is 1.78 bits per heavy atom. The van der Waals surface area contributed by atoms with Crippen molar-refractivity contribution in [2.75, 3.05) is 13.2 Å². The zero-order chi connectivity index (χ0) is 16.3. The zero-order valence-corrected chi connectivity index (χ0v) is 13.9. The number of rotatable bonds is 5. The second kappa shape index (κ2) is 6.83. The van der Waals surface area contributed by atoms with Crippen LogP contribution in [0.15, 0.2) is 59.5 Å². The van der Waals surface area contributed by atoms with Crippen molar-refractivity contribution in [3.63, 3.8) is 0 Å². The fraction of sp³-hybridized carbons (Fsp3) is 0.333. The molecule has 0 spiro atoms. The molecule has 1 aliphatic heterocycles. The van der Waals surface area contributed by atoms with Crippen molar-refractivity contribution in [1.82, 2.24) is 4.72 Å². The lowest BCUT2D eigenvalue weighted by molar-refractivity contribution is 0.0917. The van der Waals surface area contributed by atoms with Gasteiger partial charge < -0.3 is 4.74 Å². The average molecular weight is 331 g/mol. The first kappa shape index (κ1) is 16.2. The lowest BCUT2D eigenvalue weighted by Gasteiger charge is -2.19. The molecule has 2 aromatic rings. The maximum absolute atomic E-state index is 12.4. The van der Waals surface area contributed by atoms with E-state index >= 15 is 0 Å². The molecule has 1 saturated heterocycles. The van der Waals surface area contributed by atoms with Crippen LogP contribution in [-0.2, 0) is 14.8 Å². The van der Waals surface area contributed by atoms with Crippen LogP contribution in [0.1, 0.15) is 23.7 Å². The predicted octanol–water partition coefficient (Wildman–Crippen LogP) is 3.05. The third-order valence-electron chi connectivity index (χ3n) is 4.21. The highest BCUT2D eigenvalue weighted by Crippen LogP contribution is 2.34. The summed E-state index contributed by atoms with van der Waals surface area (Å²) < 4.78 is 33.3. The van der Waals surface area contributed by atoms with Crippen LogP contribution in [0.2, 0.25) is 0 Å². The molecule has 5 heteroatoms. The Balaban J connectivity index is 1.68. The van der Waals surface area contributed by atoms with E-state index < -0.39 is 10.0 Å². The highest BCUT2D eigenvalue weighted by molar-refractivity contribution is 7.89. The van der Waals surface area contributed by atoms with Gasteiger partial charge in [0.25, 0.3) is 0 Å². The molecule has 2 aromatic carbocycles. The molecule has 0 aromatic heterocycles. The van der Waals surface area contributed by atoms with E-state index in [1.54, 1.807) is 24.3 Å². The first-order chi connectivity index (χ1) is 11.1. The normalized spacial score (nSPS) is 21.4. The highest BCUT2D eigenvalue weighted by Gasteiger charge is 2.30. The summed E-state index contributed by atoms with van der Waals surface area (Å²) in [6.07, 6.45) is 0.813. The smallest absolute Gasteiger partial charge is 0.240 e. The molecule has 23 heavy (non-hydrogen) atoms. The van der Waals surface area contributed by atoms with Crippen LogP contribution in [0.5, 0.6) is 0 Å². The topological polar surface area (TPSA) is 55.4 Å². The van der Waals surface area contributed by atoms with E-state index in [-0.39, 0.29) is 12.0 Å². The van der Waals surface area contributed by atoms with Crippen LogP contribution in [0.4, 0.5) is 0 Å². The van der Waals surface area contributed by atoms with Gasteiger partial charge >= 0.3 is 0 Å². The molecule has 1 N–H and O–H groups in total. The van der Waals surface area contributed by atoms with Gasteiger partial charge in [0.05, 0.1) is 11.0 Å². The van der Waals surface area contributed by atoms with E-state index in [1.165, 1.54) is 0 Å². The monoisotopic (exact) mass is 331 g/mol. The Hall–Kier alpha value is -1.69. The molecular formula is C18H21NO3S. The molecule has 0 aliphatic carbocycles. The van der Waals surface area contributed by atoms with Gasteiger partial charge in [0.2, 0.25) is 10.0 Å². The molecule has 2 atom stereocenters. The fourth-order valence-electron chi connectivity index (χ4n) is 2.87. The molecule has 0 amide bonds.